The van der Waals surface area contributed by atoms with E-state index in [1.165, 1.54) is 0 Å². The molecule has 1 saturated heterocycles. The van der Waals surface area contributed by atoms with Gasteiger partial charge in [0.05, 0.1) is 19.0 Å². The van der Waals surface area contributed by atoms with Crippen molar-refractivity contribution in [2.24, 2.45) is 5.73 Å². The van der Waals surface area contributed by atoms with Gasteiger partial charge < -0.3 is 10.5 Å². The van der Waals surface area contributed by atoms with E-state index in [1.54, 1.807) is 0 Å². The third-order valence-electron chi connectivity index (χ3n) is 0.580. The summed E-state index contributed by atoms with van der Waals surface area (Å²) in [5.41, 5.74) is 4.78. The SMILES string of the molecule is C1CO1.NCCS(=O)(=O)O. The van der Waals surface area contributed by atoms with Gasteiger partial charge in [-0.2, -0.15) is 8.42 Å². The maximum Gasteiger partial charge on any atom is 0.266 e. The molecule has 62 valence electrons. The van der Waals surface area contributed by atoms with Gasteiger partial charge in [0.1, 0.15) is 0 Å². The quantitative estimate of drug-likeness (QED) is 0.402. The minimum absolute atomic E-state index is 0.0289. The molecule has 5 nitrogen and oxygen atoms in total. The van der Waals surface area contributed by atoms with Gasteiger partial charge in [0.15, 0.2) is 0 Å². The highest BCUT2D eigenvalue weighted by atomic mass is 32.2. The standard InChI is InChI=1S/C2H7NO3S.C2H4O/c3-1-2-7(4,5)6;1-2-3-1/h1-3H2,(H,4,5,6);1-2H2. The molecule has 0 saturated carbocycles. The Hall–Kier alpha value is -0.170. The Morgan fingerprint density at radius 2 is 1.90 bits per heavy atom. The molecule has 1 heterocycles. The second-order valence-electron chi connectivity index (χ2n) is 1.69. The summed E-state index contributed by atoms with van der Waals surface area (Å²) in [6.45, 7) is 1.97. The summed E-state index contributed by atoms with van der Waals surface area (Å²) >= 11 is 0. The fraction of sp³-hybridized carbons (Fsp3) is 1.00. The van der Waals surface area contributed by atoms with Crippen molar-refractivity contribution >= 4 is 10.1 Å². The molecule has 0 radical (unpaired) electrons. The van der Waals surface area contributed by atoms with Crippen LogP contribution in [0, 0.1) is 0 Å². The predicted octanol–water partition coefficient (Wildman–Crippen LogP) is -1.15. The van der Waals surface area contributed by atoms with E-state index in [2.05, 4.69) is 4.74 Å². The van der Waals surface area contributed by atoms with Crippen LogP contribution in [0.2, 0.25) is 0 Å². The first-order valence-electron chi connectivity index (χ1n) is 2.79. The van der Waals surface area contributed by atoms with Crippen molar-refractivity contribution in [3.05, 3.63) is 0 Å². The lowest BCUT2D eigenvalue weighted by atomic mass is 10.8. The van der Waals surface area contributed by atoms with E-state index in [4.69, 9.17) is 10.3 Å². The predicted molar refractivity (Wildman–Crippen MR) is 36.3 cm³/mol. The molecule has 3 N–H and O–H groups in total. The number of hydrogen-bond donors (Lipinski definition) is 2. The fourth-order valence-electron chi connectivity index (χ4n) is 0.149. The van der Waals surface area contributed by atoms with Gasteiger partial charge in [-0.25, -0.2) is 0 Å². The normalized spacial score (nSPS) is 15.4. The van der Waals surface area contributed by atoms with Crippen LogP contribution < -0.4 is 5.73 Å². The highest BCUT2D eigenvalue weighted by Gasteiger charge is 1.98. The topological polar surface area (TPSA) is 92.9 Å². The van der Waals surface area contributed by atoms with Crippen LogP contribution >= 0.6 is 0 Å². The van der Waals surface area contributed by atoms with Crippen molar-refractivity contribution in [1.82, 2.24) is 0 Å². The van der Waals surface area contributed by atoms with Crippen LogP contribution in [0.25, 0.3) is 0 Å². The maximum atomic E-state index is 9.71. The van der Waals surface area contributed by atoms with Gasteiger partial charge in [0, 0.05) is 6.54 Å². The van der Waals surface area contributed by atoms with Gasteiger partial charge >= 0.3 is 0 Å². The molecule has 0 atom stereocenters. The number of rotatable bonds is 2. The van der Waals surface area contributed by atoms with Gasteiger partial charge in [-0.1, -0.05) is 0 Å². The molecule has 1 aliphatic heterocycles. The Morgan fingerprint density at radius 1 is 1.50 bits per heavy atom. The molecule has 0 amide bonds. The first-order chi connectivity index (χ1) is 4.56. The molecule has 0 spiro atoms. The second kappa shape index (κ2) is 4.62. The molecule has 10 heavy (non-hydrogen) atoms. The average Bonchev–Trinajstić information content (AvgIpc) is 2.40. The largest absolute Gasteiger partial charge is 0.377 e. The molecule has 0 unspecified atom stereocenters. The summed E-state index contributed by atoms with van der Waals surface area (Å²) in [5.74, 6) is -0.354. The van der Waals surface area contributed by atoms with Crippen molar-refractivity contribution in [2.75, 3.05) is 25.5 Å². The highest BCUT2D eigenvalue weighted by Crippen LogP contribution is 1.84. The Labute approximate surface area is 59.9 Å². The zero-order chi connectivity index (χ0) is 8.04. The third kappa shape index (κ3) is 15.7. The molecular weight excluding hydrogens is 158 g/mol. The van der Waals surface area contributed by atoms with E-state index < -0.39 is 10.1 Å². The number of ether oxygens (including phenoxy) is 1. The molecule has 0 aromatic heterocycles. The Bertz CT molecular complexity index is 159. The number of hydrogen-bond acceptors (Lipinski definition) is 4. The summed E-state index contributed by atoms with van der Waals surface area (Å²) in [6, 6.07) is 0. The molecule has 0 bridgehead atoms. The van der Waals surface area contributed by atoms with Crippen LogP contribution in [0.3, 0.4) is 0 Å². The molecule has 0 aromatic carbocycles. The van der Waals surface area contributed by atoms with E-state index >= 15 is 0 Å². The molecule has 0 aliphatic carbocycles. The minimum Gasteiger partial charge on any atom is -0.377 e. The van der Waals surface area contributed by atoms with Crippen LogP contribution in [-0.2, 0) is 14.9 Å². The monoisotopic (exact) mass is 169 g/mol. The van der Waals surface area contributed by atoms with Crippen molar-refractivity contribution in [3.8, 4) is 0 Å². The van der Waals surface area contributed by atoms with Crippen LogP contribution in [-0.4, -0.2) is 38.5 Å². The molecule has 1 fully saturated rings. The van der Waals surface area contributed by atoms with Crippen LogP contribution in [0.15, 0.2) is 0 Å². The summed E-state index contributed by atoms with van der Waals surface area (Å²) in [7, 11) is -3.80. The smallest absolute Gasteiger partial charge is 0.266 e. The lowest BCUT2D eigenvalue weighted by Crippen LogP contribution is -2.13. The van der Waals surface area contributed by atoms with E-state index in [-0.39, 0.29) is 12.3 Å². The average molecular weight is 169 g/mol. The van der Waals surface area contributed by atoms with Crippen LogP contribution in [0.4, 0.5) is 0 Å². The van der Waals surface area contributed by atoms with Crippen molar-refractivity contribution in [3.63, 3.8) is 0 Å². The molecule has 1 aliphatic rings. The van der Waals surface area contributed by atoms with Gasteiger partial charge in [-0.05, 0) is 0 Å². The van der Waals surface area contributed by atoms with E-state index in [9.17, 15) is 8.42 Å². The summed E-state index contributed by atoms with van der Waals surface area (Å²) < 4.78 is 31.8. The molecule has 0 aromatic rings. The van der Waals surface area contributed by atoms with Gasteiger partial charge in [-0.3, -0.25) is 4.55 Å². The molecular formula is C4H11NO4S. The zero-order valence-corrected chi connectivity index (χ0v) is 6.30. The second-order valence-corrected chi connectivity index (χ2v) is 3.26. The first kappa shape index (κ1) is 9.83. The van der Waals surface area contributed by atoms with E-state index in [1.807, 2.05) is 0 Å². The molecule has 6 heteroatoms. The fourth-order valence-corrected chi connectivity index (χ4v) is 0.447. The number of nitrogens with two attached hydrogens (primary N) is 1. The maximum absolute atomic E-state index is 9.71. The minimum atomic E-state index is -3.80. The lowest BCUT2D eigenvalue weighted by molar-refractivity contribution is 0.475. The van der Waals surface area contributed by atoms with Gasteiger partial charge in [0.2, 0.25) is 0 Å². The van der Waals surface area contributed by atoms with Crippen molar-refractivity contribution in [1.29, 1.82) is 0 Å². The van der Waals surface area contributed by atoms with Crippen LogP contribution in [0.5, 0.6) is 0 Å². The zero-order valence-electron chi connectivity index (χ0n) is 5.49. The summed E-state index contributed by atoms with van der Waals surface area (Å²) in [5, 5.41) is 0. The van der Waals surface area contributed by atoms with Gasteiger partial charge in [0.25, 0.3) is 10.1 Å². The summed E-state index contributed by atoms with van der Waals surface area (Å²) in [4.78, 5) is 0. The van der Waals surface area contributed by atoms with Gasteiger partial charge in [-0.15, -0.1) is 0 Å². The Morgan fingerprint density at radius 3 is 1.90 bits per heavy atom. The Balaban J connectivity index is 0.000000219. The lowest BCUT2D eigenvalue weighted by Gasteiger charge is -1.86. The Kier molecular flexibility index (Phi) is 4.54. The van der Waals surface area contributed by atoms with Crippen molar-refractivity contribution < 1.29 is 17.7 Å². The van der Waals surface area contributed by atoms with E-state index in [0.29, 0.717) is 0 Å². The van der Waals surface area contributed by atoms with Crippen LogP contribution in [0.1, 0.15) is 0 Å². The first-order valence-corrected chi connectivity index (χ1v) is 4.40. The third-order valence-corrected chi connectivity index (χ3v) is 1.33. The molecule has 1 rings (SSSR count). The van der Waals surface area contributed by atoms with E-state index in [0.717, 1.165) is 13.2 Å². The summed E-state index contributed by atoms with van der Waals surface area (Å²) in [6.07, 6.45) is 0. The number of epoxide rings is 1. The highest BCUT2D eigenvalue weighted by molar-refractivity contribution is 7.85. The van der Waals surface area contributed by atoms with Crippen molar-refractivity contribution in [2.45, 2.75) is 0 Å².